The van der Waals surface area contributed by atoms with Gasteiger partial charge in [0.25, 0.3) is 5.91 Å². The summed E-state index contributed by atoms with van der Waals surface area (Å²) in [5.74, 6) is 1.47. The van der Waals surface area contributed by atoms with Crippen LogP contribution in [-0.4, -0.2) is 56.7 Å². The highest BCUT2D eigenvalue weighted by Gasteiger charge is 2.27. The Morgan fingerprint density at radius 2 is 1.64 bits per heavy atom. The van der Waals surface area contributed by atoms with Gasteiger partial charge in [0.1, 0.15) is 11.6 Å². The molecule has 3 aromatic carbocycles. The highest BCUT2D eigenvalue weighted by Crippen LogP contribution is 2.28. The van der Waals surface area contributed by atoms with Crippen molar-refractivity contribution < 1.29 is 4.79 Å². The Kier molecular flexibility index (Phi) is 6.94. The van der Waals surface area contributed by atoms with Crippen LogP contribution in [0.1, 0.15) is 27.3 Å². The number of para-hydroxylation sites is 1. The number of aromatic nitrogens is 4. The SMILES string of the molecule is Cc1ccc(Cc2nc(N3CCN(C(=O)c4ccc(Cl)cc4Cl)CC3)c3cnn(-c4ccccc4)c3n2)cc1. The predicted octanol–water partition coefficient (Wildman–Crippen LogP) is 5.98. The quantitative estimate of drug-likeness (QED) is 0.266. The van der Waals surface area contributed by atoms with E-state index in [4.69, 9.17) is 33.2 Å². The molecule has 0 spiro atoms. The maximum Gasteiger partial charge on any atom is 0.255 e. The van der Waals surface area contributed by atoms with Gasteiger partial charge in [0, 0.05) is 37.6 Å². The van der Waals surface area contributed by atoms with Crippen LogP contribution < -0.4 is 4.90 Å². The Balaban J connectivity index is 1.32. The van der Waals surface area contributed by atoms with Crippen molar-refractivity contribution >= 4 is 46.0 Å². The molecule has 7 nitrogen and oxygen atoms in total. The fourth-order valence-electron chi connectivity index (χ4n) is 4.86. The number of carbonyl (C=O) groups excluding carboxylic acids is 1. The van der Waals surface area contributed by atoms with Gasteiger partial charge in [-0.2, -0.15) is 5.10 Å². The first kappa shape index (κ1) is 25.3. The number of anilines is 1. The van der Waals surface area contributed by atoms with E-state index in [0.29, 0.717) is 48.2 Å². The normalized spacial score (nSPS) is 13.7. The van der Waals surface area contributed by atoms with Crippen molar-refractivity contribution in [3.8, 4) is 5.69 Å². The minimum Gasteiger partial charge on any atom is -0.352 e. The molecule has 1 amide bonds. The molecule has 1 aliphatic heterocycles. The summed E-state index contributed by atoms with van der Waals surface area (Å²) in [6, 6.07) is 23.4. The third kappa shape index (κ3) is 5.20. The van der Waals surface area contributed by atoms with Crippen molar-refractivity contribution in [3.63, 3.8) is 0 Å². The summed E-state index contributed by atoms with van der Waals surface area (Å²) in [7, 11) is 0. The van der Waals surface area contributed by atoms with Crippen LogP contribution in [0, 0.1) is 6.92 Å². The van der Waals surface area contributed by atoms with Crippen LogP contribution in [0.25, 0.3) is 16.7 Å². The van der Waals surface area contributed by atoms with Crippen molar-refractivity contribution in [1.82, 2.24) is 24.6 Å². The summed E-state index contributed by atoms with van der Waals surface area (Å²) in [5, 5.41) is 6.43. The number of aryl methyl sites for hydroxylation is 1. The topological polar surface area (TPSA) is 67.2 Å². The molecule has 6 rings (SSSR count). The Bertz CT molecular complexity index is 1640. The standard InChI is InChI=1S/C30H26Cl2N6O/c1-20-7-9-21(10-8-20)17-27-34-28(25-19-33-38(29(25)35-27)23-5-3-2-4-6-23)36-13-15-37(16-14-36)30(39)24-12-11-22(31)18-26(24)32/h2-12,18-19H,13-17H2,1H3. The lowest BCUT2D eigenvalue weighted by molar-refractivity contribution is 0.0747. The van der Waals surface area contributed by atoms with Gasteiger partial charge in [0.15, 0.2) is 5.65 Å². The maximum absolute atomic E-state index is 13.2. The van der Waals surface area contributed by atoms with Gasteiger partial charge in [-0.15, -0.1) is 0 Å². The number of piperazine rings is 1. The van der Waals surface area contributed by atoms with Crippen LogP contribution in [0.4, 0.5) is 5.82 Å². The van der Waals surface area contributed by atoms with Crippen LogP contribution >= 0.6 is 23.2 Å². The molecule has 39 heavy (non-hydrogen) atoms. The highest BCUT2D eigenvalue weighted by molar-refractivity contribution is 6.36. The number of hydrogen-bond acceptors (Lipinski definition) is 5. The molecule has 0 saturated carbocycles. The van der Waals surface area contributed by atoms with E-state index >= 15 is 0 Å². The summed E-state index contributed by atoms with van der Waals surface area (Å²) >= 11 is 12.3. The van der Waals surface area contributed by atoms with Crippen molar-refractivity contribution in [2.75, 3.05) is 31.1 Å². The summed E-state index contributed by atoms with van der Waals surface area (Å²) in [6.45, 7) is 4.42. The lowest BCUT2D eigenvalue weighted by Crippen LogP contribution is -2.49. The number of carbonyl (C=O) groups is 1. The average molecular weight is 557 g/mol. The van der Waals surface area contributed by atoms with E-state index in [9.17, 15) is 4.79 Å². The first-order chi connectivity index (χ1) is 19.0. The van der Waals surface area contributed by atoms with Gasteiger partial charge in [-0.3, -0.25) is 4.79 Å². The average Bonchev–Trinajstić information content (AvgIpc) is 3.38. The number of benzene rings is 3. The molecule has 0 N–H and O–H groups in total. The van der Waals surface area contributed by atoms with Gasteiger partial charge >= 0.3 is 0 Å². The molecule has 196 valence electrons. The van der Waals surface area contributed by atoms with E-state index in [-0.39, 0.29) is 5.91 Å². The molecule has 0 aliphatic carbocycles. The molecular weight excluding hydrogens is 531 g/mol. The maximum atomic E-state index is 13.2. The smallest absolute Gasteiger partial charge is 0.255 e. The van der Waals surface area contributed by atoms with Crippen molar-refractivity contribution in [2.24, 2.45) is 0 Å². The molecule has 5 aromatic rings. The van der Waals surface area contributed by atoms with Crippen LogP contribution in [0.15, 0.2) is 79.0 Å². The van der Waals surface area contributed by atoms with Crippen LogP contribution in [0.5, 0.6) is 0 Å². The van der Waals surface area contributed by atoms with Gasteiger partial charge in [0.05, 0.1) is 27.9 Å². The van der Waals surface area contributed by atoms with E-state index in [1.807, 2.05) is 46.1 Å². The molecule has 3 heterocycles. The van der Waals surface area contributed by atoms with Crippen LogP contribution in [0.3, 0.4) is 0 Å². The molecule has 0 unspecified atom stereocenters. The molecular formula is C30H26Cl2N6O. The van der Waals surface area contributed by atoms with E-state index in [0.717, 1.165) is 33.9 Å². The van der Waals surface area contributed by atoms with E-state index in [1.165, 1.54) is 5.56 Å². The molecule has 0 radical (unpaired) electrons. The largest absolute Gasteiger partial charge is 0.352 e. The number of amides is 1. The second-order valence-corrected chi connectivity index (χ2v) is 10.5. The summed E-state index contributed by atoms with van der Waals surface area (Å²) in [6.07, 6.45) is 2.44. The molecule has 0 atom stereocenters. The van der Waals surface area contributed by atoms with Crippen LogP contribution in [-0.2, 0) is 6.42 Å². The second-order valence-electron chi connectivity index (χ2n) is 9.66. The second kappa shape index (κ2) is 10.7. The van der Waals surface area contributed by atoms with Gasteiger partial charge in [-0.25, -0.2) is 14.6 Å². The third-order valence-corrected chi connectivity index (χ3v) is 7.51. The molecule has 2 aromatic heterocycles. The van der Waals surface area contributed by atoms with Gasteiger partial charge in [0.2, 0.25) is 0 Å². The highest BCUT2D eigenvalue weighted by atomic mass is 35.5. The fraction of sp³-hybridized carbons (Fsp3) is 0.200. The summed E-state index contributed by atoms with van der Waals surface area (Å²) in [5.41, 5.74) is 4.52. The van der Waals surface area contributed by atoms with Gasteiger partial charge in [-0.1, -0.05) is 71.2 Å². The molecule has 1 saturated heterocycles. The minimum atomic E-state index is -0.0962. The lowest BCUT2D eigenvalue weighted by Gasteiger charge is -2.36. The fourth-order valence-corrected chi connectivity index (χ4v) is 5.35. The number of halogens is 2. The zero-order valence-corrected chi connectivity index (χ0v) is 22.9. The Labute approximate surface area is 236 Å². The monoisotopic (exact) mass is 556 g/mol. The predicted molar refractivity (Wildman–Crippen MR) is 155 cm³/mol. The number of rotatable bonds is 5. The third-order valence-electron chi connectivity index (χ3n) is 6.97. The summed E-state index contributed by atoms with van der Waals surface area (Å²) < 4.78 is 1.86. The van der Waals surface area contributed by atoms with E-state index < -0.39 is 0 Å². The Morgan fingerprint density at radius 3 is 2.36 bits per heavy atom. The van der Waals surface area contributed by atoms with Gasteiger partial charge < -0.3 is 9.80 Å². The van der Waals surface area contributed by atoms with Crippen molar-refractivity contribution in [1.29, 1.82) is 0 Å². The number of fused-ring (bicyclic) bond motifs is 1. The zero-order chi connectivity index (χ0) is 26.9. The lowest BCUT2D eigenvalue weighted by atomic mass is 10.1. The van der Waals surface area contributed by atoms with E-state index in [2.05, 4.69) is 41.2 Å². The first-order valence-corrected chi connectivity index (χ1v) is 13.6. The Hall–Kier alpha value is -3.94. The molecule has 1 aliphatic rings. The summed E-state index contributed by atoms with van der Waals surface area (Å²) in [4.78, 5) is 27.2. The van der Waals surface area contributed by atoms with Crippen LogP contribution in [0.2, 0.25) is 10.0 Å². The van der Waals surface area contributed by atoms with Crippen molar-refractivity contribution in [3.05, 3.63) is 112 Å². The molecule has 0 bridgehead atoms. The Morgan fingerprint density at radius 1 is 0.897 bits per heavy atom. The molecule has 1 fully saturated rings. The minimum absolute atomic E-state index is 0.0962. The van der Waals surface area contributed by atoms with Crippen molar-refractivity contribution in [2.45, 2.75) is 13.3 Å². The number of nitrogens with zero attached hydrogens (tertiary/aromatic N) is 6. The zero-order valence-electron chi connectivity index (χ0n) is 21.4. The van der Waals surface area contributed by atoms with Gasteiger partial charge in [-0.05, 0) is 42.8 Å². The number of hydrogen-bond donors (Lipinski definition) is 0. The van der Waals surface area contributed by atoms with E-state index in [1.54, 1.807) is 18.2 Å². The first-order valence-electron chi connectivity index (χ1n) is 12.8. The molecule has 9 heteroatoms.